The third kappa shape index (κ3) is 3.87. The number of hydrogen-bond donors (Lipinski definition) is 0. The molecule has 19 heavy (non-hydrogen) atoms. The van der Waals surface area contributed by atoms with Crippen LogP contribution in [0.15, 0.2) is 42.5 Å². The zero-order chi connectivity index (χ0) is 13.8. The number of benzene rings is 2. The molecule has 0 fully saturated rings. The summed E-state index contributed by atoms with van der Waals surface area (Å²) in [5, 5.41) is 1.34. The Morgan fingerprint density at radius 1 is 1.00 bits per heavy atom. The lowest BCUT2D eigenvalue weighted by Gasteiger charge is -2.06. The van der Waals surface area contributed by atoms with Crippen LogP contribution in [0.2, 0.25) is 15.1 Å². The minimum atomic E-state index is -0.159. The number of rotatable bonds is 4. The summed E-state index contributed by atoms with van der Waals surface area (Å²) < 4.78 is 5.36. The van der Waals surface area contributed by atoms with Crippen molar-refractivity contribution in [3.8, 4) is 5.75 Å². The maximum absolute atomic E-state index is 11.9. The molecule has 0 saturated heterocycles. The predicted octanol–water partition coefficient (Wildman–Crippen LogP) is 4.91. The van der Waals surface area contributed by atoms with Crippen molar-refractivity contribution >= 4 is 40.6 Å². The monoisotopic (exact) mass is 314 g/mol. The second-order valence-corrected chi connectivity index (χ2v) is 5.05. The lowest BCUT2D eigenvalue weighted by atomic mass is 10.1. The molecule has 0 atom stereocenters. The third-order valence-electron chi connectivity index (χ3n) is 2.41. The fourth-order valence-electron chi connectivity index (χ4n) is 1.46. The molecule has 2 rings (SSSR count). The van der Waals surface area contributed by atoms with Crippen LogP contribution in [0.3, 0.4) is 0 Å². The van der Waals surface area contributed by atoms with Crippen LogP contribution in [-0.4, -0.2) is 12.4 Å². The van der Waals surface area contributed by atoms with Gasteiger partial charge in [-0.05, 0) is 24.3 Å². The average Bonchev–Trinajstić information content (AvgIpc) is 2.40. The van der Waals surface area contributed by atoms with E-state index in [0.29, 0.717) is 26.4 Å². The Morgan fingerprint density at radius 3 is 2.47 bits per heavy atom. The van der Waals surface area contributed by atoms with Gasteiger partial charge in [-0.2, -0.15) is 0 Å². The number of carbonyl (C=O) groups excluding carboxylic acids is 1. The van der Waals surface area contributed by atoms with Gasteiger partial charge in [-0.25, -0.2) is 0 Å². The molecule has 5 heteroatoms. The smallest absolute Gasteiger partial charge is 0.200 e. The van der Waals surface area contributed by atoms with Crippen molar-refractivity contribution in [2.24, 2.45) is 0 Å². The van der Waals surface area contributed by atoms with Crippen molar-refractivity contribution in [1.29, 1.82) is 0 Å². The van der Waals surface area contributed by atoms with Crippen molar-refractivity contribution in [3.05, 3.63) is 63.1 Å². The number of carbonyl (C=O) groups is 1. The zero-order valence-electron chi connectivity index (χ0n) is 9.70. The molecule has 0 aromatic heterocycles. The third-order valence-corrected chi connectivity index (χ3v) is 3.38. The Balaban J connectivity index is 2.02. The molecule has 2 nitrogen and oxygen atoms in total. The lowest BCUT2D eigenvalue weighted by Crippen LogP contribution is -2.11. The van der Waals surface area contributed by atoms with E-state index in [0.717, 1.165) is 0 Å². The quantitative estimate of drug-likeness (QED) is 0.749. The van der Waals surface area contributed by atoms with E-state index >= 15 is 0 Å². The van der Waals surface area contributed by atoms with Crippen molar-refractivity contribution in [3.63, 3.8) is 0 Å². The number of ketones is 1. The Labute approximate surface area is 125 Å². The van der Waals surface area contributed by atoms with Crippen LogP contribution in [0, 0.1) is 0 Å². The van der Waals surface area contributed by atoms with Gasteiger partial charge in [0.05, 0.1) is 10.0 Å². The van der Waals surface area contributed by atoms with Gasteiger partial charge in [0, 0.05) is 16.7 Å². The lowest BCUT2D eigenvalue weighted by molar-refractivity contribution is 0.0921. The molecular weight excluding hydrogens is 307 g/mol. The highest BCUT2D eigenvalue weighted by Gasteiger charge is 2.08. The minimum absolute atomic E-state index is 0.0850. The highest BCUT2D eigenvalue weighted by atomic mass is 35.5. The number of hydrogen-bond acceptors (Lipinski definition) is 2. The summed E-state index contributed by atoms with van der Waals surface area (Å²) in [7, 11) is 0. The molecule has 2 aromatic carbocycles. The molecular formula is C14H9Cl3O2. The maximum Gasteiger partial charge on any atom is 0.200 e. The number of halogens is 3. The summed E-state index contributed by atoms with van der Waals surface area (Å²) in [6.45, 7) is -0.0850. The van der Waals surface area contributed by atoms with Gasteiger partial charge in [0.15, 0.2) is 12.4 Å². The zero-order valence-corrected chi connectivity index (χ0v) is 12.0. The van der Waals surface area contributed by atoms with E-state index in [1.807, 2.05) is 0 Å². The van der Waals surface area contributed by atoms with Crippen molar-refractivity contribution in [2.75, 3.05) is 6.61 Å². The van der Waals surface area contributed by atoms with Crippen LogP contribution in [0.4, 0.5) is 0 Å². The van der Waals surface area contributed by atoms with Gasteiger partial charge in [-0.1, -0.05) is 46.9 Å². The molecule has 0 heterocycles. The Hall–Kier alpha value is -1.22. The summed E-state index contributed by atoms with van der Waals surface area (Å²) in [5.74, 6) is 0.332. The molecule has 0 aliphatic heterocycles. The van der Waals surface area contributed by atoms with Gasteiger partial charge < -0.3 is 4.74 Å². The fraction of sp³-hybridized carbons (Fsp3) is 0.0714. The summed E-state index contributed by atoms with van der Waals surface area (Å²) in [6.07, 6.45) is 0. The van der Waals surface area contributed by atoms with Gasteiger partial charge in [-0.15, -0.1) is 0 Å². The average molecular weight is 316 g/mol. The molecule has 0 radical (unpaired) electrons. The Kier molecular flexibility index (Phi) is 4.70. The summed E-state index contributed by atoms with van der Waals surface area (Å²) in [6, 6.07) is 11.5. The van der Waals surface area contributed by atoms with Crippen LogP contribution in [0.5, 0.6) is 5.75 Å². The summed E-state index contributed by atoms with van der Waals surface area (Å²) in [5.41, 5.74) is 0.507. The molecule has 0 aliphatic rings. The van der Waals surface area contributed by atoms with Gasteiger partial charge in [0.25, 0.3) is 0 Å². The van der Waals surface area contributed by atoms with Gasteiger partial charge in [-0.3, -0.25) is 4.79 Å². The van der Waals surface area contributed by atoms with E-state index in [1.165, 1.54) is 0 Å². The topological polar surface area (TPSA) is 26.3 Å². The van der Waals surface area contributed by atoms with Crippen LogP contribution < -0.4 is 4.74 Å². The largest absolute Gasteiger partial charge is 0.485 e. The highest BCUT2D eigenvalue weighted by molar-refractivity contribution is 6.42. The Morgan fingerprint density at radius 2 is 1.79 bits per heavy atom. The normalized spacial score (nSPS) is 10.3. The molecule has 0 aliphatic carbocycles. The van der Waals surface area contributed by atoms with Crippen LogP contribution >= 0.6 is 34.8 Å². The predicted molar refractivity (Wildman–Crippen MR) is 77.7 cm³/mol. The molecule has 0 spiro atoms. The van der Waals surface area contributed by atoms with Crippen molar-refractivity contribution in [1.82, 2.24) is 0 Å². The van der Waals surface area contributed by atoms with E-state index in [9.17, 15) is 4.79 Å². The first-order valence-electron chi connectivity index (χ1n) is 5.43. The SMILES string of the molecule is O=C(COc1ccc(Cl)c(Cl)c1)c1cccc(Cl)c1. The fourth-order valence-corrected chi connectivity index (χ4v) is 1.94. The van der Waals surface area contributed by atoms with Gasteiger partial charge >= 0.3 is 0 Å². The van der Waals surface area contributed by atoms with Gasteiger partial charge in [0.1, 0.15) is 5.75 Å². The summed E-state index contributed by atoms with van der Waals surface area (Å²) in [4.78, 5) is 11.9. The molecule has 0 amide bonds. The first-order chi connectivity index (χ1) is 9.06. The van der Waals surface area contributed by atoms with Crippen molar-refractivity contribution < 1.29 is 9.53 Å². The first-order valence-corrected chi connectivity index (χ1v) is 6.56. The highest BCUT2D eigenvalue weighted by Crippen LogP contribution is 2.26. The first kappa shape index (κ1) is 14.2. The minimum Gasteiger partial charge on any atom is -0.485 e. The van der Waals surface area contributed by atoms with Gasteiger partial charge in [0.2, 0.25) is 0 Å². The van der Waals surface area contributed by atoms with Crippen molar-refractivity contribution in [2.45, 2.75) is 0 Å². The van der Waals surface area contributed by atoms with Crippen LogP contribution in [0.25, 0.3) is 0 Å². The molecule has 0 unspecified atom stereocenters. The molecule has 0 saturated carbocycles. The number of ether oxygens (including phenoxy) is 1. The molecule has 2 aromatic rings. The maximum atomic E-state index is 11.9. The number of Topliss-reactive ketones (excluding diaryl/α,β-unsaturated/α-hetero) is 1. The van der Waals surface area contributed by atoms with Crippen LogP contribution in [0.1, 0.15) is 10.4 Å². The molecule has 0 bridgehead atoms. The molecule has 0 N–H and O–H groups in total. The van der Waals surface area contributed by atoms with Crippen LogP contribution in [-0.2, 0) is 0 Å². The van der Waals surface area contributed by atoms with E-state index < -0.39 is 0 Å². The standard InChI is InChI=1S/C14H9Cl3O2/c15-10-3-1-2-9(6-10)14(18)8-19-11-4-5-12(16)13(17)7-11/h1-7H,8H2. The van der Waals surface area contributed by atoms with E-state index in [2.05, 4.69) is 0 Å². The van der Waals surface area contributed by atoms with E-state index in [-0.39, 0.29) is 12.4 Å². The van der Waals surface area contributed by atoms with E-state index in [4.69, 9.17) is 39.5 Å². The Bertz CT molecular complexity index is 611. The summed E-state index contributed by atoms with van der Waals surface area (Å²) >= 11 is 17.5. The second kappa shape index (κ2) is 6.29. The van der Waals surface area contributed by atoms with E-state index in [1.54, 1.807) is 42.5 Å². The second-order valence-electron chi connectivity index (χ2n) is 3.80. The molecule has 98 valence electrons.